The molecule has 0 radical (unpaired) electrons. The van der Waals surface area contributed by atoms with Crippen molar-refractivity contribution in [1.82, 2.24) is 10.3 Å². The standard InChI is InChI=1S/C12H10ClF3N2O/c13-7-2-1-3-8-9(7)19-10(18-8)11(12(14,15)16)4-5-17-6-11/h1-3,17H,4-6H2. The molecule has 7 heteroatoms. The second-order valence-corrected chi connectivity index (χ2v) is 5.02. The number of oxazole rings is 1. The quantitative estimate of drug-likeness (QED) is 0.876. The van der Waals surface area contributed by atoms with Crippen molar-refractivity contribution in [2.45, 2.75) is 18.0 Å². The molecule has 1 aromatic heterocycles. The molecular weight excluding hydrogens is 281 g/mol. The van der Waals surface area contributed by atoms with E-state index in [0.29, 0.717) is 5.52 Å². The SMILES string of the molecule is FC(F)(F)C1(c2nc3cccc(Cl)c3o2)CCNC1. The van der Waals surface area contributed by atoms with Crippen LogP contribution in [0, 0.1) is 0 Å². The van der Waals surface area contributed by atoms with Crippen molar-refractivity contribution in [2.75, 3.05) is 13.1 Å². The molecule has 1 aliphatic rings. The molecule has 1 aliphatic heterocycles. The lowest BCUT2D eigenvalue weighted by molar-refractivity contribution is -0.190. The van der Waals surface area contributed by atoms with Crippen LogP contribution in [0.25, 0.3) is 11.1 Å². The predicted molar refractivity (Wildman–Crippen MR) is 64.2 cm³/mol. The first-order valence-electron chi connectivity index (χ1n) is 5.77. The summed E-state index contributed by atoms with van der Waals surface area (Å²) in [7, 11) is 0. The molecule has 2 heterocycles. The monoisotopic (exact) mass is 290 g/mol. The lowest BCUT2D eigenvalue weighted by atomic mass is 9.86. The van der Waals surface area contributed by atoms with Crippen LogP contribution in [0.2, 0.25) is 5.02 Å². The van der Waals surface area contributed by atoms with Gasteiger partial charge in [0, 0.05) is 6.54 Å². The van der Waals surface area contributed by atoms with E-state index in [1.54, 1.807) is 18.2 Å². The number of fused-ring (bicyclic) bond motifs is 1. The Kier molecular flexibility index (Phi) is 2.76. The van der Waals surface area contributed by atoms with Gasteiger partial charge in [0.2, 0.25) is 5.89 Å². The minimum absolute atomic E-state index is 0.0824. The average Bonchev–Trinajstić information content (AvgIpc) is 2.95. The molecule has 0 saturated carbocycles. The second kappa shape index (κ2) is 4.11. The van der Waals surface area contributed by atoms with E-state index in [9.17, 15) is 13.2 Å². The fourth-order valence-corrected chi connectivity index (χ4v) is 2.57. The smallest absolute Gasteiger partial charge is 0.404 e. The average molecular weight is 291 g/mol. The lowest BCUT2D eigenvalue weighted by Gasteiger charge is -2.27. The van der Waals surface area contributed by atoms with Crippen molar-refractivity contribution in [3.63, 3.8) is 0 Å². The summed E-state index contributed by atoms with van der Waals surface area (Å²) in [6, 6.07) is 4.77. The summed E-state index contributed by atoms with van der Waals surface area (Å²) in [5, 5.41) is 2.99. The molecule has 1 unspecified atom stereocenters. The van der Waals surface area contributed by atoms with Gasteiger partial charge in [0.15, 0.2) is 11.0 Å². The number of para-hydroxylation sites is 1. The molecule has 0 amide bonds. The summed E-state index contributed by atoms with van der Waals surface area (Å²) in [6.45, 7) is 0.0624. The molecular formula is C12H10ClF3N2O. The topological polar surface area (TPSA) is 38.1 Å². The third-order valence-electron chi connectivity index (χ3n) is 3.47. The van der Waals surface area contributed by atoms with Crippen LogP contribution in [0.4, 0.5) is 13.2 Å². The number of nitrogens with zero attached hydrogens (tertiary/aromatic N) is 1. The van der Waals surface area contributed by atoms with E-state index in [0.717, 1.165) is 0 Å². The van der Waals surface area contributed by atoms with E-state index in [1.807, 2.05) is 0 Å². The van der Waals surface area contributed by atoms with Crippen LogP contribution in [0.5, 0.6) is 0 Å². The summed E-state index contributed by atoms with van der Waals surface area (Å²) in [6.07, 6.45) is -4.50. The molecule has 1 aromatic carbocycles. The number of hydrogen-bond acceptors (Lipinski definition) is 3. The van der Waals surface area contributed by atoms with Crippen LogP contribution in [-0.2, 0) is 5.41 Å². The van der Waals surface area contributed by atoms with E-state index in [1.165, 1.54) is 0 Å². The second-order valence-electron chi connectivity index (χ2n) is 4.61. The van der Waals surface area contributed by atoms with Crippen LogP contribution in [0.15, 0.2) is 22.6 Å². The van der Waals surface area contributed by atoms with Crippen molar-refractivity contribution in [3.8, 4) is 0 Å². The normalized spacial score (nSPS) is 24.2. The zero-order valence-corrected chi connectivity index (χ0v) is 10.5. The van der Waals surface area contributed by atoms with Gasteiger partial charge in [-0.25, -0.2) is 4.98 Å². The van der Waals surface area contributed by atoms with Gasteiger partial charge < -0.3 is 9.73 Å². The van der Waals surface area contributed by atoms with Crippen LogP contribution in [0.3, 0.4) is 0 Å². The highest BCUT2D eigenvalue weighted by molar-refractivity contribution is 6.34. The summed E-state index contributed by atoms with van der Waals surface area (Å²) in [5.74, 6) is -0.312. The Balaban J connectivity index is 2.19. The first-order valence-corrected chi connectivity index (χ1v) is 6.15. The van der Waals surface area contributed by atoms with Gasteiger partial charge in [-0.15, -0.1) is 0 Å². The predicted octanol–water partition coefficient (Wildman–Crippen LogP) is 3.27. The van der Waals surface area contributed by atoms with Gasteiger partial charge in [0.1, 0.15) is 5.52 Å². The zero-order valence-electron chi connectivity index (χ0n) is 9.72. The summed E-state index contributed by atoms with van der Waals surface area (Å²) in [4.78, 5) is 3.98. The molecule has 0 spiro atoms. The molecule has 2 aromatic rings. The number of alkyl halides is 3. The maximum absolute atomic E-state index is 13.4. The fourth-order valence-electron chi connectivity index (χ4n) is 2.36. The zero-order chi connectivity index (χ0) is 13.7. The first-order chi connectivity index (χ1) is 8.94. The Morgan fingerprint density at radius 3 is 2.74 bits per heavy atom. The Labute approximate surface area is 111 Å². The molecule has 3 nitrogen and oxygen atoms in total. The van der Waals surface area contributed by atoms with Crippen LogP contribution >= 0.6 is 11.6 Å². The van der Waals surface area contributed by atoms with Gasteiger partial charge in [-0.2, -0.15) is 13.2 Å². The van der Waals surface area contributed by atoms with Gasteiger partial charge in [-0.3, -0.25) is 0 Å². The minimum atomic E-state index is -4.41. The number of hydrogen-bond donors (Lipinski definition) is 1. The molecule has 1 fully saturated rings. The van der Waals surface area contributed by atoms with Crippen LogP contribution in [-0.4, -0.2) is 24.2 Å². The molecule has 1 saturated heterocycles. The van der Waals surface area contributed by atoms with Crippen molar-refractivity contribution in [3.05, 3.63) is 29.1 Å². The Morgan fingerprint density at radius 1 is 1.37 bits per heavy atom. The van der Waals surface area contributed by atoms with Crippen molar-refractivity contribution in [1.29, 1.82) is 0 Å². The molecule has 1 atom stereocenters. The molecule has 102 valence electrons. The highest BCUT2D eigenvalue weighted by Crippen LogP contribution is 2.46. The van der Waals surface area contributed by atoms with E-state index in [-0.39, 0.29) is 36.0 Å². The minimum Gasteiger partial charge on any atom is -0.438 e. The lowest BCUT2D eigenvalue weighted by Crippen LogP contribution is -2.44. The van der Waals surface area contributed by atoms with Gasteiger partial charge in [-0.05, 0) is 25.1 Å². The van der Waals surface area contributed by atoms with E-state index in [4.69, 9.17) is 16.0 Å². The maximum atomic E-state index is 13.4. The first kappa shape index (κ1) is 12.7. The summed E-state index contributed by atoms with van der Waals surface area (Å²) >= 11 is 5.91. The number of nitrogens with one attached hydrogen (secondary N) is 1. The van der Waals surface area contributed by atoms with E-state index < -0.39 is 11.6 Å². The van der Waals surface area contributed by atoms with Crippen molar-refractivity contribution in [2.24, 2.45) is 0 Å². The van der Waals surface area contributed by atoms with Gasteiger partial charge in [-0.1, -0.05) is 17.7 Å². The van der Waals surface area contributed by atoms with E-state index >= 15 is 0 Å². The Hall–Kier alpha value is -1.27. The van der Waals surface area contributed by atoms with Gasteiger partial charge in [0.05, 0.1) is 5.02 Å². The highest BCUT2D eigenvalue weighted by Gasteiger charge is 2.60. The molecule has 0 bridgehead atoms. The molecule has 19 heavy (non-hydrogen) atoms. The van der Waals surface area contributed by atoms with Crippen molar-refractivity contribution < 1.29 is 17.6 Å². The highest BCUT2D eigenvalue weighted by atomic mass is 35.5. The van der Waals surface area contributed by atoms with Crippen molar-refractivity contribution >= 4 is 22.7 Å². The Morgan fingerprint density at radius 2 is 2.16 bits per heavy atom. The van der Waals surface area contributed by atoms with Crippen LogP contribution in [0.1, 0.15) is 12.3 Å². The largest absolute Gasteiger partial charge is 0.438 e. The molecule has 1 N–H and O–H groups in total. The van der Waals surface area contributed by atoms with Crippen LogP contribution < -0.4 is 5.32 Å². The number of rotatable bonds is 1. The molecule has 3 rings (SSSR count). The number of aromatic nitrogens is 1. The fraction of sp³-hybridized carbons (Fsp3) is 0.417. The third kappa shape index (κ3) is 1.81. The number of halogens is 4. The Bertz CT molecular complexity index is 617. The van der Waals surface area contributed by atoms with Gasteiger partial charge >= 0.3 is 6.18 Å². The maximum Gasteiger partial charge on any atom is 0.404 e. The summed E-state index contributed by atoms with van der Waals surface area (Å²) < 4.78 is 45.4. The number of benzene rings is 1. The van der Waals surface area contributed by atoms with E-state index in [2.05, 4.69) is 10.3 Å². The molecule has 0 aliphatic carbocycles. The summed E-state index contributed by atoms with van der Waals surface area (Å²) in [5.41, 5.74) is -1.51. The third-order valence-corrected chi connectivity index (χ3v) is 3.77. The van der Waals surface area contributed by atoms with Gasteiger partial charge in [0.25, 0.3) is 0 Å².